The topological polar surface area (TPSA) is 108 Å². The molecule has 0 bridgehead atoms. The first-order valence-corrected chi connectivity index (χ1v) is 8.39. The van der Waals surface area contributed by atoms with Crippen molar-refractivity contribution in [3.05, 3.63) is 71.3 Å². The van der Waals surface area contributed by atoms with E-state index < -0.39 is 5.97 Å². The Balaban J connectivity index is 1.97. The van der Waals surface area contributed by atoms with Crippen LogP contribution in [0.15, 0.2) is 64.8 Å². The summed E-state index contributed by atoms with van der Waals surface area (Å²) in [4.78, 5) is 11.3. The molecular formula is C21H18N4O3. The molecule has 0 radical (unpaired) electrons. The summed E-state index contributed by atoms with van der Waals surface area (Å²) < 4.78 is 10.4. The van der Waals surface area contributed by atoms with E-state index in [-0.39, 0.29) is 19.8 Å². The van der Waals surface area contributed by atoms with Gasteiger partial charge in [0, 0.05) is 5.57 Å². The van der Waals surface area contributed by atoms with Gasteiger partial charge in [-0.25, -0.2) is 4.79 Å². The van der Waals surface area contributed by atoms with Crippen LogP contribution < -0.4 is 0 Å². The van der Waals surface area contributed by atoms with Gasteiger partial charge in [0.25, 0.3) is 0 Å². The summed E-state index contributed by atoms with van der Waals surface area (Å²) in [5.41, 5.74) is 3.18. The standard InChI is InChI=1S/C21H18N4O3/c1-15(2)21(26)28-10-9-27-14-18-11-20(8-5-17(18)13-23)25-24-19-6-3-16(12-22)4-7-19/h3-8,11H,1,9-10,14H2,2H3. The van der Waals surface area contributed by atoms with Gasteiger partial charge < -0.3 is 9.47 Å². The van der Waals surface area contributed by atoms with Gasteiger partial charge in [-0.05, 0) is 55.0 Å². The summed E-state index contributed by atoms with van der Waals surface area (Å²) >= 11 is 0. The lowest BCUT2D eigenvalue weighted by atomic mass is 10.1. The van der Waals surface area contributed by atoms with E-state index in [1.54, 1.807) is 49.4 Å². The minimum atomic E-state index is -0.466. The second-order valence-corrected chi connectivity index (χ2v) is 5.78. The van der Waals surface area contributed by atoms with Crippen molar-refractivity contribution in [2.45, 2.75) is 13.5 Å². The molecule has 2 aromatic rings. The van der Waals surface area contributed by atoms with Gasteiger partial charge in [0.15, 0.2) is 0 Å². The maximum atomic E-state index is 11.3. The molecule has 0 N–H and O–H groups in total. The van der Waals surface area contributed by atoms with E-state index in [2.05, 4.69) is 22.9 Å². The van der Waals surface area contributed by atoms with Crippen LogP contribution in [-0.2, 0) is 20.9 Å². The van der Waals surface area contributed by atoms with Gasteiger partial charge in [0.05, 0.1) is 47.9 Å². The average molecular weight is 374 g/mol. The summed E-state index contributed by atoms with van der Waals surface area (Å²) in [7, 11) is 0. The fourth-order valence-corrected chi connectivity index (χ4v) is 2.09. The van der Waals surface area contributed by atoms with Crippen molar-refractivity contribution in [1.29, 1.82) is 10.5 Å². The van der Waals surface area contributed by atoms with Crippen LogP contribution in [-0.4, -0.2) is 19.2 Å². The molecule has 0 saturated heterocycles. The molecule has 7 heteroatoms. The number of esters is 1. The van der Waals surface area contributed by atoms with Gasteiger partial charge in [-0.1, -0.05) is 6.58 Å². The van der Waals surface area contributed by atoms with Gasteiger partial charge in [0.2, 0.25) is 0 Å². The van der Waals surface area contributed by atoms with E-state index in [0.717, 1.165) is 0 Å². The third kappa shape index (κ3) is 6.17. The number of carbonyl (C=O) groups is 1. The fourth-order valence-electron chi connectivity index (χ4n) is 2.09. The van der Waals surface area contributed by atoms with E-state index in [9.17, 15) is 10.1 Å². The van der Waals surface area contributed by atoms with Crippen molar-refractivity contribution in [2.75, 3.05) is 13.2 Å². The Bertz CT molecular complexity index is 967. The molecule has 2 rings (SSSR count). The minimum Gasteiger partial charge on any atom is -0.460 e. The Hall–Kier alpha value is -3.81. The van der Waals surface area contributed by atoms with Crippen molar-refractivity contribution in [1.82, 2.24) is 0 Å². The van der Waals surface area contributed by atoms with Crippen molar-refractivity contribution in [3.8, 4) is 12.1 Å². The number of benzene rings is 2. The molecule has 0 aliphatic heterocycles. The molecule has 0 amide bonds. The van der Waals surface area contributed by atoms with Crippen molar-refractivity contribution < 1.29 is 14.3 Å². The van der Waals surface area contributed by atoms with Crippen LogP contribution in [0.2, 0.25) is 0 Å². The molecule has 0 saturated carbocycles. The zero-order chi connectivity index (χ0) is 20.4. The number of nitriles is 2. The summed E-state index contributed by atoms with van der Waals surface area (Å²) in [6, 6.07) is 15.9. The molecule has 0 aliphatic rings. The number of ether oxygens (including phenoxy) is 2. The zero-order valence-electron chi connectivity index (χ0n) is 15.4. The molecule has 28 heavy (non-hydrogen) atoms. The summed E-state index contributed by atoms with van der Waals surface area (Å²) in [5.74, 6) is -0.466. The van der Waals surface area contributed by atoms with Crippen LogP contribution in [0.4, 0.5) is 11.4 Å². The smallest absolute Gasteiger partial charge is 0.333 e. The molecule has 0 heterocycles. The van der Waals surface area contributed by atoms with Gasteiger partial charge in [0.1, 0.15) is 6.61 Å². The lowest BCUT2D eigenvalue weighted by Crippen LogP contribution is -2.11. The third-order valence-electron chi connectivity index (χ3n) is 3.55. The highest BCUT2D eigenvalue weighted by molar-refractivity contribution is 5.86. The number of nitrogens with zero attached hydrogens (tertiary/aromatic N) is 4. The van der Waals surface area contributed by atoms with E-state index >= 15 is 0 Å². The number of hydrogen-bond acceptors (Lipinski definition) is 7. The lowest BCUT2D eigenvalue weighted by Gasteiger charge is -2.08. The molecule has 0 fully saturated rings. The Kier molecular flexibility index (Phi) is 7.59. The molecule has 7 nitrogen and oxygen atoms in total. The molecule has 0 spiro atoms. The van der Waals surface area contributed by atoms with Crippen LogP contribution in [0.1, 0.15) is 23.6 Å². The second-order valence-electron chi connectivity index (χ2n) is 5.78. The maximum Gasteiger partial charge on any atom is 0.333 e. The molecule has 140 valence electrons. The van der Waals surface area contributed by atoms with Gasteiger partial charge in [-0.2, -0.15) is 20.8 Å². The van der Waals surface area contributed by atoms with E-state index in [4.69, 9.17) is 14.7 Å². The molecular weight excluding hydrogens is 356 g/mol. The minimum absolute atomic E-state index is 0.103. The van der Waals surface area contributed by atoms with E-state index in [1.807, 2.05) is 6.07 Å². The highest BCUT2D eigenvalue weighted by Crippen LogP contribution is 2.22. The van der Waals surface area contributed by atoms with Crippen molar-refractivity contribution >= 4 is 17.3 Å². The monoisotopic (exact) mass is 374 g/mol. The van der Waals surface area contributed by atoms with E-state index in [0.29, 0.717) is 33.6 Å². The normalized spacial score (nSPS) is 10.2. The third-order valence-corrected chi connectivity index (χ3v) is 3.55. The Morgan fingerprint density at radius 3 is 2.36 bits per heavy atom. The molecule has 0 aromatic heterocycles. The van der Waals surface area contributed by atoms with Gasteiger partial charge in [-0.3, -0.25) is 0 Å². The van der Waals surface area contributed by atoms with Crippen LogP contribution in [0, 0.1) is 22.7 Å². The van der Waals surface area contributed by atoms with Crippen LogP contribution in [0.3, 0.4) is 0 Å². The summed E-state index contributed by atoms with van der Waals surface area (Å²) in [6.45, 7) is 5.54. The number of hydrogen-bond donors (Lipinski definition) is 0. The van der Waals surface area contributed by atoms with E-state index in [1.165, 1.54) is 0 Å². The van der Waals surface area contributed by atoms with Crippen molar-refractivity contribution in [2.24, 2.45) is 10.2 Å². The molecule has 2 aromatic carbocycles. The molecule has 0 aliphatic carbocycles. The number of azo groups is 1. The molecule has 0 unspecified atom stereocenters. The largest absolute Gasteiger partial charge is 0.460 e. The Labute approximate surface area is 163 Å². The fraction of sp³-hybridized carbons (Fsp3) is 0.190. The maximum absolute atomic E-state index is 11.3. The quantitative estimate of drug-likeness (QED) is 0.293. The Morgan fingerprint density at radius 1 is 1.04 bits per heavy atom. The first kappa shape index (κ1) is 20.5. The lowest BCUT2D eigenvalue weighted by molar-refractivity contribution is -0.140. The predicted molar refractivity (Wildman–Crippen MR) is 102 cm³/mol. The highest BCUT2D eigenvalue weighted by atomic mass is 16.6. The van der Waals surface area contributed by atoms with Gasteiger partial charge >= 0.3 is 5.97 Å². The SMILES string of the molecule is C=C(C)C(=O)OCCOCc1cc(N=Nc2ccc(C#N)cc2)ccc1C#N. The average Bonchev–Trinajstić information content (AvgIpc) is 2.72. The summed E-state index contributed by atoms with van der Waals surface area (Å²) in [5, 5.41) is 26.3. The number of rotatable bonds is 8. The zero-order valence-corrected chi connectivity index (χ0v) is 15.4. The van der Waals surface area contributed by atoms with Crippen LogP contribution in [0.5, 0.6) is 0 Å². The predicted octanol–water partition coefficient (Wildman–Crippen LogP) is 4.48. The second kappa shape index (κ2) is 10.4. The first-order chi connectivity index (χ1) is 13.5. The first-order valence-electron chi connectivity index (χ1n) is 8.39. The molecule has 0 atom stereocenters. The van der Waals surface area contributed by atoms with Crippen LogP contribution >= 0.6 is 0 Å². The number of carbonyl (C=O) groups excluding carboxylic acids is 1. The van der Waals surface area contributed by atoms with Crippen LogP contribution in [0.25, 0.3) is 0 Å². The summed E-state index contributed by atoms with van der Waals surface area (Å²) in [6.07, 6.45) is 0. The highest BCUT2D eigenvalue weighted by Gasteiger charge is 2.06. The Morgan fingerprint density at radius 2 is 1.71 bits per heavy atom. The van der Waals surface area contributed by atoms with Gasteiger partial charge in [-0.15, -0.1) is 0 Å². The van der Waals surface area contributed by atoms with Crippen molar-refractivity contribution in [3.63, 3.8) is 0 Å².